The number of pyridine rings is 1. The number of terminal acetylenes is 1. The molecule has 1 saturated heterocycles. The molecule has 5 heteroatoms. The number of amides is 1. The van der Waals surface area contributed by atoms with E-state index in [1.54, 1.807) is 25.3 Å². The lowest BCUT2D eigenvalue weighted by Gasteiger charge is -2.28. The van der Waals surface area contributed by atoms with Gasteiger partial charge in [0.25, 0.3) is 0 Å². The average molecular weight is 311 g/mol. The number of nitrogens with one attached hydrogen (secondary N) is 1. The molecule has 0 spiro atoms. The van der Waals surface area contributed by atoms with Crippen molar-refractivity contribution in [3.8, 4) is 12.3 Å². The van der Waals surface area contributed by atoms with Crippen molar-refractivity contribution in [3.63, 3.8) is 0 Å². The van der Waals surface area contributed by atoms with Gasteiger partial charge >= 0.3 is 6.09 Å². The minimum absolute atomic E-state index is 0.382. The van der Waals surface area contributed by atoms with E-state index in [1.165, 1.54) is 25.3 Å². The first-order valence-corrected chi connectivity index (χ1v) is 7.71. The monoisotopic (exact) mass is 311 g/mol. The first-order valence-electron chi connectivity index (χ1n) is 7.71. The second kappa shape index (κ2) is 8.64. The number of aromatic nitrogens is 1. The second-order valence-corrected chi connectivity index (χ2v) is 5.15. The number of ether oxygens (including phenoxy) is 1. The van der Waals surface area contributed by atoms with Gasteiger partial charge in [-0.1, -0.05) is 5.92 Å². The third kappa shape index (κ3) is 5.19. The topological polar surface area (TPSA) is 54.5 Å². The normalized spacial score (nSPS) is 15.3. The summed E-state index contributed by atoms with van der Waals surface area (Å²) >= 11 is 0. The highest BCUT2D eigenvalue weighted by Crippen LogP contribution is 2.21. The van der Waals surface area contributed by atoms with Crippen LogP contribution in [0, 0.1) is 12.3 Å². The average Bonchev–Trinajstić information content (AvgIpc) is 2.59. The third-order valence-corrected chi connectivity index (χ3v) is 3.53. The van der Waals surface area contributed by atoms with Crippen molar-refractivity contribution in [2.45, 2.75) is 26.2 Å². The highest BCUT2D eigenvalue weighted by Gasteiger charge is 2.12. The SMILES string of the molecule is C#C/C=C\C(=C/C)OC(=O)Nc1cc(N2CCCCC2)ccn1. The van der Waals surface area contributed by atoms with Crippen LogP contribution in [0.3, 0.4) is 0 Å². The molecule has 23 heavy (non-hydrogen) atoms. The van der Waals surface area contributed by atoms with E-state index in [0.29, 0.717) is 11.6 Å². The van der Waals surface area contributed by atoms with Crippen LogP contribution in [0.5, 0.6) is 0 Å². The van der Waals surface area contributed by atoms with E-state index in [4.69, 9.17) is 11.2 Å². The molecule has 1 fully saturated rings. The molecule has 1 amide bonds. The molecule has 0 unspecified atom stereocenters. The van der Waals surface area contributed by atoms with Crippen LogP contribution < -0.4 is 10.2 Å². The number of hydrogen-bond acceptors (Lipinski definition) is 4. The van der Waals surface area contributed by atoms with Crippen molar-refractivity contribution in [2.24, 2.45) is 0 Å². The molecule has 2 rings (SSSR count). The highest BCUT2D eigenvalue weighted by atomic mass is 16.6. The van der Waals surface area contributed by atoms with Crippen LogP contribution in [0.1, 0.15) is 26.2 Å². The standard InChI is InChI=1S/C18H21N3O2/c1-3-5-9-16(4-2)23-18(22)20-17-14-15(10-11-19-17)21-12-7-6-8-13-21/h1,4-5,9-11,14H,6-8,12-13H2,2H3,(H,19,20,22)/b9-5-,16-4+. The molecule has 1 aliphatic heterocycles. The van der Waals surface area contributed by atoms with Gasteiger partial charge in [-0.2, -0.15) is 0 Å². The number of allylic oxidation sites excluding steroid dienone is 3. The molecular weight excluding hydrogens is 290 g/mol. The molecule has 1 aromatic heterocycles. The van der Waals surface area contributed by atoms with Crippen LogP contribution in [-0.4, -0.2) is 24.2 Å². The van der Waals surface area contributed by atoms with Crippen LogP contribution in [0.25, 0.3) is 0 Å². The fourth-order valence-corrected chi connectivity index (χ4v) is 2.39. The van der Waals surface area contributed by atoms with E-state index in [0.717, 1.165) is 18.8 Å². The number of rotatable bonds is 4. The summed E-state index contributed by atoms with van der Waals surface area (Å²) in [5.74, 6) is 3.20. The maximum Gasteiger partial charge on any atom is 0.418 e. The first kappa shape index (κ1) is 16.6. The quantitative estimate of drug-likeness (QED) is 0.523. The van der Waals surface area contributed by atoms with Gasteiger partial charge in [0.15, 0.2) is 0 Å². The van der Waals surface area contributed by atoms with Crippen molar-refractivity contribution in [2.75, 3.05) is 23.3 Å². The van der Waals surface area contributed by atoms with Crippen molar-refractivity contribution in [3.05, 3.63) is 42.3 Å². The summed E-state index contributed by atoms with van der Waals surface area (Å²) in [5, 5.41) is 2.64. The van der Waals surface area contributed by atoms with E-state index in [9.17, 15) is 4.79 Å². The van der Waals surface area contributed by atoms with Crippen LogP contribution in [0.15, 0.2) is 42.3 Å². The lowest BCUT2D eigenvalue weighted by atomic mass is 10.1. The Morgan fingerprint density at radius 3 is 2.91 bits per heavy atom. The predicted molar refractivity (Wildman–Crippen MR) is 92.1 cm³/mol. The maximum absolute atomic E-state index is 11.9. The van der Waals surface area contributed by atoms with Gasteiger partial charge in [0.1, 0.15) is 11.6 Å². The smallest absolute Gasteiger partial charge is 0.410 e. The molecular formula is C18H21N3O2. The molecule has 0 radical (unpaired) electrons. The van der Waals surface area contributed by atoms with Gasteiger partial charge in [0.05, 0.1) is 0 Å². The number of carbonyl (C=O) groups excluding carboxylic acids is 1. The Morgan fingerprint density at radius 2 is 2.22 bits per heavy atom. The number of hydrogen-bond donors (Lipinski definition) is 1. The van der Waals surface area contributed by atoms with Crippen molar-refractivity contribution >= 4 is 17.6 Å². The minimum atomic E-state index is -0.594. The van der Waals surface area contributed by atoms with Gasteiger partial charge in [-0.3, -0.25) is 5.32 Å². The molecule has 0 aromatic carbocycles. The minimum Gasteiger partial charge on any atom is -0.410 e. The summed E-state index contributed by atoms with van der Waals surface area (Å²) < 4.78 is 5.17. The number of piperidine rings is 1. The fourth-order valence-electron chi connectivity index (χ4n) is 2.39. The van der Waals surface area contributed by atoms with Crippen molar-refractivity contribution in [1.82, 2.24) is 4.98 Å². The van der Waals surface area contributed by atoms with Gasteiger partial charge in [0.2, 0.25) is 0 Å². The van der Waals surface area contributed by atoms with Crippen molar-refractivity contribution < 1.29 is 9.53 Å². The fraction of sp³-hybridized carbons (Fsp3) is 0.333. The van der Waals surface area contributed by atoms with Gasteiger partial charge in [-0.15, -0.1) is 6.42 Å². The Hall–Kier alpha value is -2.74. The molecule has 120 valence electrons. The lowest BCUT2D eigenvalue weighted by molar-refractivity contribution is 0.194. The molecule has 0 atom stereocenters. The summed E-state index contributed by atoms with van der Waals surface area (Å²) in [7, 11) is 0. The molecule has 1 aromatic rings. The van der Waals surface area contributed by atoms with E-state index in [1.807, 2.05) is 12.1 Å². The Labute approximate surface area is 137 Å². The summed E-state index contributed by atoms with van der Waals surface area (Å²) in [6.07, 6.45) is 14.6. The Balaban J connectivity index is 1.98. The van der Waals surface area contributed by atoms with Crippen LogP contribution in [0.4, 0.5) is 16.3 Å². The summed E-state index contributed by atoms with van der Waals surface area (Å²) in [6, 6.07) is 3.81. The number of nitrogens with zero attached hydrogens (tertiary/aromatic N) is 2. The molecule has 2 heterocycles. The zero-order chi connectivity index (χ0) is 16.5. The molecule has 0 aliphatic carbocycles. The van der Waals surface area contributed by atoms with Gasteiger partial charge < -0.3 is 9.64 Å². The lowest BCUT2D eigenvalue weighted by Crippen LogP contribution is -2.29. The third-order valence-electron chi connectivity index (χ3n) is 3.53. The number of anilines is 2. The first-order chi connectivity index (χ1) is 11.2. The van der Waals surface area contributed by atoms with E-state index in [-0.39, 0.29) is 0 Å². The maximum atomic E-state index is 11.9. The molecule has 1 aliphatic rings. The summed E-state index contributed by atoms with van der Waals surface area (Å²) in [4.78, 5) is 18.4. The zero-order valence-corrected chi connectivity index (χ0v) is 13.3. The molecule has 1 N–H and O–H groups in total. The highest BCUT2D eigenvalue weighted by molar-refractivity contribution is 5.84. The molecule has 0 saturated carbocycles. The largest absolute Gasteiger partial charge is 0.418 e. The van der Waals surface area contributed by atoms with Gasteiger partial charge in [-0.25, -0.2) is 9.78 Å². The summed E-state index contributed by atoms with van der Waals surface area (Å²) in [5.41, 5.74) is 1.06. The Bertz CT molecular complexity index is 638. The molecule has 0 bridgehead atoms. The van der Waals surface area contributed by atoms with E-state index < -0.39 is 6.09 Å². The Kier molecular flexibility index (Phi) is 6.25. The van der Waals surface area contributed by atoms with Gasteiger partial charge in [-0.05, 0) is 50.5 Å². The zero-order valence-electron chi connectivity index (χ0n) is 13.3. The van der Waals surface area contributed by atoms with Gasteiger partial charge in [0, 0.05) is 31.0 Å². The molecule has 5 nitrogen and oxygen atoms in total. The van der Waals surface area contributed by atoms with E-state index in [2.05, 4.69) is 21.1 Å². The van der Waals surface area contributed by atoms with E-state index >= 15 is 0 Å². The second-order valence-electron chi connectivity index (χ2n) is 5.15. The van der Waals surface area contributed by atoms with Crippen molar-refractivity contribution in [1.29, 1.82) is 0 Å². The van der Waals surface area contributed by atoms with Crippen LogP contribution >= 0.6 is 0 Å². The summed E-state index contributed by atoms with van der Waals surface area (Å²) in [6.45, 7) is 3.83. The number of carbonyl (C=O) groups is 1. The Morgan fingerprint density at radius 1 is 1.43 bits per heavy atom. The van der Waals surface area contributed by atoms with Crippen LogP contribution in [0.2, 0.25) is 0 Å². The van der Waals surface area contributed by atoms with Crippen LogP contribution in [-0.2, 0) is 4.74 Å². The predicted octanol–water partition coefficient (Wildman–Crippen LogP) is 3.71.